The van der Waals surface area contributed by atoms with Crippen molar-refractivity contribution >= 4 is 39.3 Å². The molecule has 10 nitrogen and oxygen atoms in total. The number of hydrogen-bond donors (Lipinski definition) is 1. The smallest absolute Gasteiger partial charge is 0.333 e. The quantitative estimate of drug-likeness (QED) is 0.216. The third-order valence-electron chi connectivity index (χ3n) is 8.27. The summed E-state index contributed by atoms with van der Waals surface area (Å²) in [5, 5.41) is 7.91. The summed E-state index contributed by atoms with van der Waals surface area (Å²) in [5.74, 6) is 0.0336. The Balaban J connectivity index is 1.26. The lowest BCUT2D eigenvalue weighted by Gasteiger charge is -2.28. The van der Waals surface area contributed by atoms with E-state index in [9.17, 15) is 14.4 Å². The number of benzene rings is 3. The van der Waals surface area contributed by atoms with Crippen LogP contribution in [-0.2, 0) is 13.1 Å². The zero-order valence-corrected chi connectivity index (χ0v) is 27.2. The first kappa shape index (κ1) is 30.1. The minimum Gasteiger partial charge on any atom is -0.490 e. The van der Waals surface area contributed by atoms with Crippen LogP contribution in [0.1, 0.15) is 57.9 Å². The first-order valence-electron chi connectivity index (χ1n) is 15.0. The van der Waals surface area contributed by atoms with E-state index in [4.69, 9.17) is 16.3 Å². The molecular weight excluding hydrogens is 672 g/mol. The van der Waals surface area contributed by atoms with Crippen molar-refractivity contribution in [1.82, 2.24) is 29.1 Å². The molecule has 1 saturated carbocycles. The van der Waals surface area contributed by atoms with Gasteiger partial charge in [-0.1, -0.05) is 29.8 Å². The Kier molecular flexibility index (Phi) is 8.04. The lowest BCUT2D eigenvalue weighted by atomic mass is 10.1. The Morgan fingerprint density at radius 3 is 2.54 bits per heavy atom. The molecule has 46 heavy (non-hydrogen) atoms. The topological polar surface area (TPSA) is 103 Å². The van der Waals surface area contributed by atoms with Gasteiger partial charge in [0.05, 0.1) is 40.8 Å². The molecule has 12 heteroatoms. The molecule has 0 radical (unpaired) electrons. The van der Waals surface area contributed by atoms with Crippen LogP contribution in [0.3, 0.4) is 0 Å². The maximum Gasteiger partial charge on any atom is 0.333 e. The number of para-hydroxylation sites is 1. The number of nitrogens with one attached hydrogen (secondary N) is 1. The molecule has 1 fully saturated rings. The number of ether oxygens (including phenoxy) is 1. The normalized spacial score (nSPS) is 14.9. The lowest BCUT2D eigenvalue weighted by molar-refractivity contribution is 0.0706. The molecule has 2 amide bonds. The predicted octanol–water partition coefficient (Wildman–Crippen LogP) is 5.93. The van der Waals surface area contributed by atoms with E-state index in [1.165, 1.54) is 4.57 Å². The van der Waals surface area contributed by atoms with Crippen molar-refractivity contribution in [3.63, 3.8) is 0 Å². The third kappa shape index (κ3) is 5.76. The van der Waals surface area contributed by atoms with Gasteiger partial charge in [-0.25, -0.2) is 9.48 Å². The van der Waals surface area contributed by atoms with Crippen LogP contribution >= 0.6 is 27.5 Å². The maximum absolute atomic E-state index is 14.3. The third-order valence-corrected chi connectivity index (χ3v) is 9.50. The summed E-state index contributed by atoms with van der Waals surface area (Å²) in [4.78, 5) is 43.5. The molecule has 5 aromatic rings. The molecule has 0 saturated heterocycles. The van der Waals surface area contributed by atoms with Gasteiger partial charge in [-0.15, -0.1) is 0 Å². The predicted molar refractivity (Wildman–Crippen MR) is 177 cm³/mol. The van der Waals surface area contributed by atoms with Crippen molar-refractivity contribution in [2.24, 2.45) is 0 Å². The van der Waals surface area contributed by atoms with E-state index in [0.717, 1.165) is 24.1 Å². The largest absolute Gasteiger partial charge is 0.490 e. The lowest BCUT2D eigenvalue weighted by Crippen LogP contribution is -2.41. The van der Waals surface area contributed by atoms with Crippen LogP contribution in [0.2, 0.25) is 5.02 Å². The van der Waals surface area contributed by atoms with Gasteiger partial charge in [-0.3, -0.25) is 18.7 Å². The zero-order valence-electron chi connectivity index (χ0n) is 24.9. The number of rotatable bonds is 8. The Hall–Kier alpha value is -4.61. The van der Waals surface area contributed by atoms with E-state index in [1.54, 1.807) is 50.7 Å². The molecular formula is C34H30BrClN6O4. The van der Waals surface area contributed by atoms with Gasteiger partial charge in [0.2, 0.25) is 0 Å². The number of carbonyl (C=O) groups is 2. The molecule has 2 aliphatic rings. The average Bonchev–Trinajstić information content (AvgIpc) is 3.60. The summed E-state index contributed by atoms with van der Waals surface area (Å²) in [7, 11) is 0. The van der Waals surface area contributed by atoms with Gasteiger partial charge in [0.25, 0.3) is 11.8 Å². The van der Waals surface area contributed by atoms with Crippen LogP contribution in [0.25, 0.3) is 11.4 Å². The fourth-order valence-electron chi connectivity index (χ4n) is 5.79. The molecule has 1 atom stereocenters. The number of halogens is 2. The number of nitrogens with zero attached hydrogens (tertiary/aromatic N) is 5. The number of amides is 2. The molecule has 0 spiro atoms. The second kappa shape index (κ2) is 12.3. The summed E-state index contributed by atoms with van der Waals surface area (Å²) in [6.07, 6.45) is 5.83. The van der Waals surface area contributed by atoms with Crippen molar-refractivity contribution in [1.29, 1.82) is 0 Å². The SMILES string of the molecule is CC(NC(=O)c1c2n(c(=O)n1-c1ccc(OC3CC3)cc1)CCN(C(=O)c1ccc(Br)c(Cl)c1)C2)c1ccccc1-n1cccn1. The van der Waals surface area contributed by atoms with Crippen LogP contribution in [0.15, 0.2) is 94.5 Å². The second-order valence-corrected chi connectivity index (χ2v) is 12.7. The highest BCUT2D eigenvalue weighted by Gasteiger charge is 2.33. The first-order valence-corrected chi connectivity index (χ1v) is 16.2. The summed E-state index contributed by atoms with van der Waals surface area (Å²) in [6, 6.07) is 21.3. The van der Waals surface area contributed by atoms with E-state index in [-0.39, 0.29) is 36.5 Å². The molecule has 2 aromatic heterocycles. The van der Waals surface area contributed by atoms with Crippen LogP contribution < -0.4 is 15.7 Å². The van der Waals surface area contributed by atoms with Crippen LogP contribution in [0.5, 0.6) is 5.75 Å². The summed E-state index contributed by atoms with van der Waals surface area (Å²) < 4.78 is 11.4. The molecule has 1 aliphatic carbocycles. The minimum absolute atomic E-state index is 0.0681. The van der Waals surface area contributed by atoms with Crippen LogP contribution in [0, 0.1) is 0 Å². The van der Waals surface area contributed by atoms with E-state index < -0.39 is 11.9 Å². The second-order valence-electron chi connectivity index (χ2n) is 11.4. The minimum atomic E-state index is -0.437. The molecule has 1 aliphatic heterocycles. The van der Waals surface area contributed by atoms with Gasteiger partial charge >= 0.3 is 5.69 Å². The highest BCUT2D eigenvalue weighted by atomic mass is 79.9. The zero-order chi connectivity index (χ0) is 31.9. The van der Waals surface area contributed by atoms with E-state index >= 15 is 0 Å². The van der Waals surface area contributed by atoms with Crippen molar-refractivity contribution < 1.29 is 14.3 Å². The maximum atomic E-state index is 14.3. The number of fused-ring (bicyclic) bond motifs is 1. The highest BCUT2D eigenvalue weighted by Crippen LogP contribution is 2.29. The Morgan fingerprint density at radius 2 is 1.83 bits per heavy atom. The summed E-state index contributed by atoms with van der Waals surface area (Å²) >= 11 is 9.66. The fourth-order valence-corrected chi connectivity index (χ4v) is 6.21. The van der Waals surface area contributed by atoms with E-state index in [2.05, 4.69) is 26.3 Å². The van der Waals surface area contributed by atoms with Gasteiger partial charge in [-0.05, 0) is 95.9 Å². The molecule has 234 valence electrons. The van der Waals surface area contributed by atoms with Crippen molar-refractivity contribution in [3.8, 4) is 17.1 Å². The van der Waals surface area contributed by atoms with Gasteiger partial charge in [0.15, 0.2) is 0 Å². The molecule has 0 bridgehead atoms. The fraction of sp³-hybridized carbons (Fsp3) is 0.235. The average molecular weight is 702 g/mol. The van der Waals surface area contributed by atoms with Crippen molar-refractivity contribution in [2.45, 2.75) is 45.0 Å². The van der Waals surface area contributed by atoms with Gasteiger partial charge in [0.1, 0.15) is 11.4 Å². The Morgan fingerprint density at radius 1 is 1.04 bits per heavy atom. The standard InChI is InChI=1S/C34H30BrClN6O4/c1-21(26-5-2-3-6-29(26)41-16-4-15-37-41)38-32(43)31-30-20-39(33(44)22-7-14-27(35)28(36)19-22)17-18-40(30)34(45)42(31)23-8-10-24(11-9-23)46-25-12-13-25/h2-11,14-16,19,21,25H,12-13,17-18,20H2,1H3,(H,38,43). The summed E-state index contributed by atoms with van der Waals surface area (Å²) in [6.45, 7) is 2.49. The van der Waals surface area contributed by atoms with Gasteiger partial charge < -0.3 is 15.0 Å². The first-order chi connectivity index (χ1) is 22.3. The van der Waals surface area contributed by atoms with Crippen LogP contribution in [-0.4, -0.2) is 48.3 Å². The number of imidazole rings is 1. The molecule has 1 unspecified atom stereocenters. The summed E-state index contributed by atoms with van der Waals surface area (Å²) in [5.41, 5.74) is 2.91. The van der Waals surface area contributed by atoms with Crippen molar-refractivity contribution in [3.05, 3.63) is 128 Å². The van der Waals surface area contributed by atoms with Gasteiger partial charge in [0, 0.05) is 35.5 Å². The number of hydrogen-bond acceptors (Lipinski definition) is 5. The Labute approximate surface area is 278 Å². The number of carbonyl (C=O) groups excluding carboxylic acids is 2. The highest BCUT2D eigenvalue weighted by molar-refractivity contribution is 9.10. The number of aromatic nitrogens is 4. The molecule has 3 heterocycles. The monoisotopic (exact) mass is 700 g/mol. The van der Waals surface area contributed by atoms with E-state index in [0.29, 0.717) is 38.7 Å². The van der Waals surface area contributed by atoms with Crippen molar-refractivity contribution in [2.75, 3.05) is 6.54 Å². The van der Waals surface area contributed by atoms with Crippen LogP contribution in [0.4, 0.5) is 0 Å². The van der Waals surface area contributed by atoms with E-state index in [1.807, 2.05) is 55.6 Å². The molecule has 7 rings (SSSR count). The molecule has 3 aromatic carbocycles. The molecule has 1 N–H and O–H groups in total. The van der Waals surface area contributed by atoms with Gasteiger partial charge in [-0.2, -0.15) is 5.10 Å². The Bertz CT molecular complexity index is 2000.